The molecule has 1 aromatic heterocycles. The van der Waals surface area contributed by atoms with Gasteiger partial charge in [-0.2, -0.15) is 0 Å². The second-order valence-corrected chi connectivity index (χ2v) is 5.17. The minimum absolute atomic E-state index is 0.315. The Hall–Kier alpha value is -1.29. The van der Waals surface area contributed by atoms with Gasteiger partial charge >= 0.3 is 0 Å². The minimum atomic E-state index is 0.315. The molecule has 1 fully saturated rings. The maximum Gasteiger partial charge on any atom is 0.127 e. The molecule has 17 heavy (non-hydrogen) atoms. The Morgan fingerprint density at radius 2 is 2.41 bits per heavy atom. The van der Waals surface area contributed by atoms with Gasteiger partial charge in [0.25, 0.3) is 0 Å². The van der Waals surface area contributed by atoms with Crippen molar-refractivity contribution >= 4 is 11.5 Å². The van der Waals surface area contributed by atoms with Crippen molar-refractivity contribution in [1.82, 2.24) is 4.98 Å². The molecule has 3 N–H and O–H groups in total. The van der Waals surface area contributed by atoms with Gasteiger partial charge in [-0.3, -0.25) is 0 Å². The summed E-state index contributed by atoms with van der Waals surface area (Å²) in [6.45, 7) is 7.34. The topological polar surface area (TPSA) is 54.2 Å². The van der Waals surface area contributed by atoms with Crippen LogP contribution in [0.2, 0.25) is 0 Å². The van der Waals surface area contributed by atoms with Crippen LogP contribution in [-0.2, 0) is 0 Å². The van der Waals surface area contributed by atoms with E-state index in [9.17, 15) is 0 Å². The monoisotopic (exact) mass is 234 g/mol. The van der Waals surface area contributed by atoms with E-state index in [2.05, 4.69) is 41.2 Å². The summed E-state index contributed by atoms with van der Waals surface area (Å²) in [5.41, 5.74) is 7.15. The van der Waals surface area contributed by atoms with E-state index in [1.165, 1.54) is 5.69 Å². The van der Waals surface area contributed by atoms with Gasteiger partial charge in [-0.25, -0.2) is 4.98 Å². The summed E-state index contributed by atoms with van der Waals surface area (Å²) in [6.07, 6.45) is 2.94. The normalized spacial score (nSPS) is 20.0. The lowest BCUT2D eigenvalue weighted by atomic mass is 10.2. The van der Waals surface area contributed by atoms with Crippen molar-refractivity contribution in [3.8, 4) is 0 Å². The summed E-state index contributed by atoms with van der Waals surface area (Å²) in [7, 11) is 0. The summed E-state index contributed by atoms with van der Waals surface area (Å²) >= 11 is 0. The van der Waals surface area contributed by atoms with Crippen molar-refractivity contribution < 1.29 is 0 Å². The van der Waals surface area contributed by atoms with Crippen LogP contribution in [0, 0.1) is 5.92 Å². The van der Waals surface area contributed by atoms with Crippen LogP contribution in [0.5, 0.6) is 0 Å². The maximum atomic E-state index is 5.93. The molecular weight excluding hydrogens is 212 g/mol. The quantitative estimate of drug-likeness (QED) is 0.832. The summed E-state index contributed by atoms with van der Waals surface area (Å²) in [5.74, 6) is 1.58. The van der Waals surface area contributed by atoms with Crippen molar-refractivity contribution in [3.05, 3.63) is 18.3 Å². The highest BCUT2D eigenvalue weighted by Gasteiger charge is 2.19. The first-order chi connectivity index (χ1) is 8.15. The third kappa shape index (κ3) is 3.33. The molecule has 0 amide bonds. The van der Waals surface area contributed by atoms with E-state index < -0.39 is 0 Å². The Bertz CT molecular complexity index is 364. The number of nitrogens with zero attached hydrogens (tertiary/aromatic N) is 2. The van der Waals surface area contributed by atoms with Gasteiger partial charge in [-0.15, -0.1) is 0 Å². The van der Waals surface area contributed by atoms with Gasteiger partial charge in [0.15, 0.2) is 0 Å². The second kappa shape index (κ2) is 5.36. The standard InChI is InChI=1S/C13H22N4/c1-10(2)8-16-13-7-12(3-5-15-13)17-6-4-11(14)9-17/h3,5,7,10-11H,4,6,8-9,14H2,1-2H3,(H,15,16). The van der Waals surface area contributed by atoms with Crippen LogP contribution >= 0.6 is 0 Å². The van der Waals surface area contributed by atoms with Crippen molar-refractivity contribution in [2.75, 3.05) is 29.9 Å². The van der Waals surface area contributed by atoms with Crippen molar-refractivity contribution in [2.45, 2.75) is 26.3 Å². The van der Waals surface area contributed by atoms with Gasteiger partial charge in [-0.1, -0.05) is 13.8 Å². The van der Waals surface area contributed by atoms with Crippen LogP contribution in [0.15, 0.2) is 18.3 Å². The molecular formula is C13H22N4. The Kier molecular flexibility index (Phi) is 3.84. The first-order valence-electron chi connectivity index (χ1n) is 6.35. The number of hydrogen-bond donors (Lipinski definition) is 2. The zero-order chi connectivity index (χ0) is 12.3. The molecule has 0 radical (unpaired) electrons. The first-order valence-corrected chi connectivity index (χ1v) is 6.35. The Balaban J connectivity index is 2.01. The molecule has 1 atom stereocenters. The highest BCUT2D eigenvalue weighted by Crippen LogP contribution is 2.21. The summed E-state index contributed by atoms with van der Waals surface area (Å²) in [6, 6.07) is 4.48. The Morgan fingerprint density at radius 1 is 1.59 bits per heavy atom. The largest absolute Gasteiger partial charge is 0.370 e. The number of nitrogens with one attached hydrogen (secondary N) is 1. The van der Waals surface area contributed by atoms with Crippen LogP contribution in [0.4, 0.5) is 11.5 Å². The molecule has 4 nitrogen and oxygen atoms in total. The van der Waals surface area contributed by atoms with Crippen LogP contribution in [-0.4, -0.2) is 30.7 Å². The molecule has 1 aromatic rings. The van der Waals surface area contributed by atoms with Crippen LogP contribution < -0.4 is 16.0 Å². The average Bonchev–Trinajstić information content (AvgIpc) is 2.74. The SMILES string of the molecule is CC(C)CNc1cc(N2CCC(N)C2)ccn1. The molecule has 0 spiro atoms. The molecule has 4 heteroatoms. The van der Waals surface area contributed by atoms with Crippen LogP contribution in [0.1, 0.15) is 20.3 Å². The molecule has 0 aliphatic carbocycles. The van der Waals surface area contributed by atoms with Crippen LogP contribution in [0.3, 0.4) is 0 Å². The smallest absolute Gasteiger partial charge is 0.127 e. The fourth-order valence-electron chi connectivity index (χ4n) is 2.04. The summed E-state index contributed by atoms with van der Waals surface area (Å²) < 4.78 is 0. The second-order valence-electron chi connectivity index (χ2n) is 5.17. The Labute approximate surface area is 103 Å². The lowest BCUT2D eigenvalue weighted by molar-refractivity contribution is 0.687. The highest BCUT2D eigenvalue weighted by atomic mass is 15.2. The summed E-state index contributed by atoms with van der Waals surface area (Å²) in [4.78, 5) is 6.66. The van der Waals surface area contributed by atoms with Gasteiger partial charge in [0.1, 0.15) is 5.82 Å². The molecule has 1 aliphatic heterocycles. The third-order valence-electron chi connectivity index (χ3n) is 3.02. The average molecular weight is 234 g/mol. The molecule has 1 aliphatic rings. The fraction of sp³-hybridized carbons (Fsp3) is 0.615. The fourth-order valence-corrected chi connectivity index (χ4v) is 2.04. The van der Waals surface area contributed by atoms with Gasteiger partial charge in [-0.05, 0) is 18.4 Å². The minimum Gasteiger partial charge on any atom is -0.370 e. The van der Waals surface area contributed by atoms with E-state index in [4.69, 9.17) is 5.73 Å². The third-order valence-corrected chi connectivity index (χ3v) is 3.02. The van der Waals surface area contributed by atoms with Crippen molar-refractivity contribution in [3.63, 3.8) is 0 Å². The number of rotatable bonds is 4. The molecule has 2 heterocycles. The van der Waals surface area contributed by atoms with E-state index in [-0.39, 0.29) is 0 Å². The number of anilines is 2. The van der Waals surface area contributed by atoms with Crippen molar-refractivity contribution in [1.29, 1.82) is 0 Å². The van der Waals surface area contributed by atoms with E-state index in [1.54, 1.807) is 0 Å². The summed E-state index contributed by atoms with van der Waals surface area (Å²) in [5, 5.41) is 3.35. The molecule has 2 rings (SSSR count). The molecule has 0 saturated carbocycles. The van der Waals surface area contributed by atoms with Gasteiger partial charge in [0.05, 0.1) is 0 Å². The van der Waals surface area contributed by atoms with Crippen molar-refractivity contribution in [2.24, 2.45) is 11.7 Å². The predicted octanol–water partition coefficient (Wildman–Crippen LogP) is 1.69. The lowest BCUT2D eigenvalue weighted by Gasteiger charge is -2.19. The molecule has 1 saturated heterocycles. The zero-order valence-electron chi connectivity index (χ0n) is 10.7. The number of aromatic nitrogens is 1. The lowest BCUT2D eigenvalue weighted by Crippen LogP contribution is -2.26. The maximum absolute atomic E-state index is 5.93. The van der Waals surface area contributed by atoms with E-state index >= 15 is 0 Å². The first kappa shape index (κ1) is 12.2. The number of hydrogen-bond acceptors (Lipinski definition) is 4. The molecule has 0 aromatic carbocycles. The molecule has 1 unspecified atom stereocenters. The van der Waals surface area contributed by atoms with Crippen LogP contribution in [0.25, 0.3) is 0 Å². The van der Waals surface area contributed by atoms with Gasteiger partial charge < -0.3 is 16.0 Å². The number of nitrogens with two attached hydrogens (primary N) is 1. The van der Waals surface area contributed by atoms with E-state index in [1.807, 2.05) is 6.20 Å². The highest BCUT2D eigenvalue weighted by molar-refractivity contribution is 5.54. The predicted molar refractivity (Wildman–Crippen MR) is 72.4 cm³/mol. The Morgan fingerprint density at radius 3 is 3.06 bits per heavy atom. The number of pyridine rings is 1. The van der Waals surface area contributed by atoms with E-state index in [0.717, 1.165) is 31.9 Å². The van der Waals surface area contributed by atoms with E-state index in [0.29, 0.717) is 12.0 Å². The zero-order valence-corrected chi connectivity index (χ0v) is 10.7. The van der Waals surface area contributed by atoms with Gasteiger partial charge in [0.2, 0.25) is 0 Å². The van der Waals surface area contributed by atoms with Gasteiger partial charge in [0, 0.05) is 43.6 Å². The molecule has 94 valence electrons. The molecule has 0 bridgehead atoms.